The van der Waals surface area contributed by atoms with E-state index in [0.717, 1.165) is 6.20 Å². The number of anilines is 2. The third-order valence-electron chi connectivity index (χ3n) is 2.56. The van der Waals surface area contributed by atoms with Crippen molar-refractivity contribution in [3.05, 3.63) is 52.7 Å². The first kappa shape index (κ1) is 14.7. The van der Waals surface area contributed by atoms with Crippen molar-refractivity contribution < 1.29 is 9.66 Å². The predicted octanol–water partition coefficient (Wildman–Crippen LogP) is 2.81. The number of nitro groups is 1. The van der Waals surface area contributed by atoms with E-state index in [9.17, 15) is 10.1 Å². The van der Waals surface area contributed by atoms with E-state index in [0.29, 0.717) is 22.4 Å². The van der Waals surface area contributed by atoms with Gasteiger partial charge in [-0.25, -0.2) is 4.98 Å². The van der Waals surface area contributed by atoms with Crippen LogP contribution in [0.5, 0.6) is 5.75 Å². The average molecular weight is 304 g/mol. The number of nitrogens with zero attached hydrogens (tertiary/aromatic N) is 2. The number of ether oxygens (including phenoxy) is 1. The Morgan fingerprint density at radius 3 is 2.67 bits per heavy atom. The van der Waals surface area contributed by atoms with Crippen molar-refractivity contribution in [1.82, 2.24) is 4.98 Å². The Balaban J connectivity index is 2.03. The first-order chi connectivity index (χ1) is 10.1. The zero-order valence-corrected chi connectivity index (χ0v) is 11.9. The molecule has 1 heterocycles. The number of benzene rings is 1. The molecule has 2 rings (SSSR count). The number of rotatable bonds is 4. The molecule has 0 saturated carbocycles. The zero-order chi connectivity index (χ0) is 15.2. The van der Waals surface area contributed by atoms with Gasteiger partial charge in [0.25, 0.3) is 5.69 Å². The summed E-state index contributed by atoms with van der Waals surface area (Å²) in [5, 5.41) is 16.7. The number of hydrogen-bond donors (Lipinski definition) is 2. The topological polar surface area (TPSA) is 89.3 Å². The van der Waals surface area contributed by atoms with Crippen LogP contribution in [-0.4, -0.2) is 22.1 Å². The Labute approximate surface area is 126 Å². The Bertz CT molecular complexity index is 661. The fraction of sp³-hybridized carbons (Fsp3) is 0.0769. The van der Waals surface area contributed by atoms with E-state index in [1.54, 1.807) is 13.2 Å². The molecule has 7 nitrogen and oxygen atoms in total. The van der Waals surface area contributed by atoms with Crippen LogP contribution in [0.1, 0.15) is 0 Å². The molecular weight excluding hydrogens is 292 g/mol. The van der Waals surface area contributed by atoms with E-state index < -0.39 is 4.92 Å². The third-order valence-corrected chi connectivity index (χ3v) is 2.76. The van der Waals surface area contributed by atoms with Crippen LogP contribution in [0.25, 0.3) is 0 Å². The maximum atomic E-state index is 10.5. The van der Waals surface area contributed by atoms with Crippen molar-refractivity contribution in [3.8, 4) is 5.75 Å². The summed E-state index contributed by atoms with van der Waals surface area (Å²) < 4.78 is 5.20. The fourth-order valence-corrected chi connectivity index (χ4v) is 1.80. The number of aromatic nitrogens is 1. The summed E-state index contributed by atoms with van der Waals surface area (Å²) >= 11 is 5.16. The van der Waals surface area contributed by atoms with Gasteiger partial charge in [0.15, 0.2) is 5.11 Å². The maximum absolute atomic E-state index is 10.5. The van der Waals surface area contributed by atoms with Gasteiger partial charge in [-0.1, -0.05) is 12.1 Å². The van der Waals surface area contributed by atoms with Crippen molar-refractivity contribution in [2.24, 2.45) is 0 Å². The minimum atomic E-state index is -0.512. The summed E-state index contributed by atoms with van der Waals surface area (Å²) in [6.45, 7) is 0. The standard InChI is InChI=1S/C13H12N4O3S/c1-20-11-5-3-2-4-10(11)15-13(21)16-12-7-6-9(8-14-12)17(18)19/h2-8H,1H3,(H2,14,15,16,21). The fourth-order valence-electron chi connectivity index (χ4n) is 1.59. The van der Waals surface area contributed by atoms with E-state index in [1.165, 1.54) is 12.1 Å². The van der Waals surface area contributed by atoms with Gasteiger partial charge in [0.2, 0.25) is 0 Å². The Hall–Kier alpha value is -2.74. The molecule has 0 spiro atoms. The minimum Gasteiger partial charge on any atom is -0.495 e. The molecule has 1 aromatic heterocycles. The lowest BCUT2D eigenvalue weighted by atomic mass is 10.3. The van der Waals surface area contributed by atoms with Gasteiger partial charge in [0.05, 0.1) is 17.7 Å². The SMILES string of the molecule is COc1ccccc1NC(=S)Nc1ccc([N+](=O)[O-])cn1. The number of pyridine rings is 1. The molecule has 0 atom stereocenters. The summed E-state index contributed by atoms with van der Waals surface area (Å²) in [4.78, 5) is 13.9. The third kappa shape index (κ3) is 3.86. The van der Waals surface area contributed by atoms with Gasteiger partial charge in [-0.3, -0.25) is 10.1 Å². The van der Waals surface area contributed by atoms with E-state index in [-0.39, 0.29) is 5.69 Å². The monoisotopic (exact) mass is 304 g/mol. The number of methoxy groups -OCH3 is 1. The van der Waals surface area contributed by atoms with Crippen molar-refractivity contribution in [3.63, 3.8) is 0 Å². The van der Waals surface area contributed by atoms with Crippen LogP contribution in [0.3, 0.4) is 0 Å². The molecule has 0 saturated heterocycles. The summed E-state index contributed by atoms with van der Waals surface area (Å²) in [6.07, 6.45) is 1.16. The summed E-state index contributed by atoms with van der Waals surface area (Å²) in [5.41, 5.74) is 0.628. The highest BCUT2D eigenvalue weighted by Crippen LogP contribution is 2.23. The van der Waals surface area contributed by atoms with Gasteiger partial charge in [-0.05, 0) is 30.4 Å². The highest BCUT2D eigenvalue weighted by atomic mass is 32.1. The van der Waals surface area contributed by atoms with E-state index in [4.69, 9.17) is 17.0 Å². The molecular formula is C13H12N4O3S. The molecule has 8 heteroatoms. The average Bonchev–Trinajstić information content (AvgIpc) is 2.48. The van der Waals surface area contributed by atoms with Crippen LogP contribution < -0.4 is 15.4 Å². The second-order valence-electron chi connectivity index (χ2n) is 3.94. The van der Waals surface area contributed by atoms with Crippen LogP contribution >= 0.6 is 12.2 Å². The van der Waals surface area contributed by atoms with E-state index in [1.807, 2.05) is 18.2 Å². The molecule has 0 amide bonds. The molecule has 0 aliphatic carbocycles. The quantitative estimate of drug-likeness (QED) is 0.510. The first-order valence-corrected chi connectivity index (χ1v) is 6.32. The van der Waals surface area contributed by atoms with Crippen molar-refractivity contribution in [2.75, 3.05) is 17.7 Å². The molecule has 21 heavy (non-hydrogen) atoms. The lowest BCUT2D eigenvalue weighted by molar-refractivity contribution is -0.385. The molecule has 0 unspecified atom stereocenters. The first-order valence-electron chi connectivity index (χ1n) is 5.91. The van der Waals surface area contributed by atoms with Gasteiger partial charge in [0, 0.05) is 6.07 Å². The highest BCUT2D eigenvalue weighted by molar-refractivity contribution is 7.80. The smallest absolute Gasteiger partial charge is 0.287 e. The van der Waals surface area contributed by atoms with Crippen LogP contribution in [0.2, 0.25) is 0 Å². The summed E-state index contributed by atoms with van der Waals surface area (Å²) in [5.74, 6) is 1.06. The van der Waals surface area contributed by atoms with Crippen LogP contribution in [0.4, 0.5) is 17.2 Å². The molecule has 108 valence electrons. The van der Waals surface area contributed by atoms with Gasteiger partial charge >= 0.3 is 0 Å². The van der Waals surface area contributed by atoms with Crippen molar-refractivity contribution in [2.45, 2.75) is 0 Å². The number of nitrogens with one attached hydrogen (secondary N) is 2. The lowest BCUT2D eigenvalue weighted by Crippen LogP contribution is -2.20. The molecule has 2 N–H and O–H groups in total. The molecule has 0 bridgehead atoms. The molecule has 0 fully saturated rings. The largest absolute Gasteiger partial charge is 0.495 e. The zero-order valence-electron chi connectivity index (χ0n) is 11.1. The molecule has 0 aliphatic rings. The van der Waals surface area contributed by atoms with E-state index in [2.05, 4.69) is 15.6 Å². The van der Waals surface area contributed by atoms with E-state index >= 15 is 0 Å². The van der Waals surface area contributed by atoms with Crippen LogP contribution in [0.15, 0.2) is 42.6 Å². The van der Waals surface area contributed by atoms with Gasteiger partial charge in [-0.2, -0.15) is 0 Å². The summed E-state index contributed by atoms with van der Waals surface area (Å²) in [7, 11) is 1.56. The Morgan fingerprint density at radius 1 is 1.29 bits per heavy atom. The van der Waals surface area contributed by atoms with Crippen LogP contribution in [0, 0.1) is 10.1 Å². The minimum absolute atomic E-state index is 0.0795. The molecule has 0 radical (unpaired) electrons. The Morgan fingerprint density at radius 2 is 2.05 bits per heavy atom. The summed E-state index contributed by atoms with van der Waals surface area (Å²) in [6, 6.07) is 10.1. The van der Waals surface area contributed by atoms with Gasteiger partial charge in [0.1, 0.15) is 17.8 Å². The number of thiocarbonyl (C=S) groups is 1. The normalized spacial score (nSPS) is 9.76. The van der Waals surface area contributed by atoms with Crippen molar-refractivity contribution >= 4 is 34.5 Å². The number of para-hydroxylation sites is 2. The second-order valence-corrected chi connectivity index (χ2v) is 4.35. The molecule has 2 aromatic rings. The highest BCUT2D eigenvalue weighted by Gasteiger charge is 2.07. The second kappa shape index (κ2) is 6.62. The Kier molecular flexibility index (Phi) is 4.62. The molecule has 1 aromatic carbocycles. The molecule has 0 aliphatic heterocycles. The van der Waals surface area contributed by atoms with Crippen LogP contribution in [-0.2, 0) is 0 Å². The predicted molar refractivity (Wildman–Crippen MR) is 83.7 cm³/mol. The van der Waals surface area contributed by atoms with Crippen molar-refractivity contribution in [1.29, 1.82) is 0 Å². The van der Waals surface area contributed by atoms with Gasteiger partial charge < -0.3 is 15.4 Å². The van der Waals surface area contributed by atoms with Gasteiger partial charge in [-0.15, -0.1) is 0 Å². The lowest BCUT2D eigenvalue weighted by Gasteiger charge is -2.12. The maximum Gasteiger partial charge on any atom is 0.287 e. The number of hydrogen-bond acceptors (Lipinski definition) is 5.